The third-order valence-electron chi connectivity index (χ3n) is 4.29. The number of thioether (sulfide) groups is 1. The maximum Gasteiger partial charge on any atom is 0.340 e. The summed E-state index contributed by atoms with van der Waals surface area (Å²) in [6.45, 7) is 0.379. The lowest BCUT2D eigenvalue weighted by molar-refractivity contribution is -0.134. The molecule has 2 aromatic rings. The summed E-state index contributed by atoms with van der Waals surface area (Å²) in [5.74, 6) is -1.28. The van der Waals surface area contributed by atoms with Crippen LogP contribution in [0.2, 0.25) is 0 Å². The summed E-state index contributed by atoms with van der Waals surface area (Å²) in [5, 5.41) is 6.76. The summed E-state index contributed by atoms with van der Waals surface area (Å²) in [7, 11) is 1.27. The van der Waals surface area contributed by atoms with Crippen molar-refractivity contribution in [3.05, 3.63) is 63.3 Å². The first-order valence-electron chi connectivity index (χ1n) is 9.32. The predicted octanol–water partition coefficient (Wildman–Crippen LogP) is 3.14. The van der Waals surface area contributed by atoms with E-state index in [9.17, 15) is 19.2 Å². The number of amides is 2. The van der Waals surface area contributed by atoms with E-state index in [2.05, 4.69) is 10.1 Å². The van der Waals surface area contributed by atoms with Crippen LogP contribution in [0.15, 0.2) is 52.2 Å². The van der Waals surface area contributed by atoms with Gasteiger partial charge in [0.1, 0.15) is 0 Å². The van der Waals surface area contributed by atoms with Gasteiger partial charge in [0.15, 0.2) is 0 Å². The average Bonchev–Trinajstić information content (AvgIpc) is 3.42. The number of hydrogen-bond donors (Lipinski definition) is 1. The summed E-state index contributed by atoms with van der Waals surface area (Å²) in [5.41, 5.74) is 1.11. The van der Waals surface area contributed by atoms with Crippen LogP contribution in [-0.2, 0) is 19.1 Å². The molecular weight excluding hydrogens is 440 g/mol. The summed E-state index contributed by atoms with van der Waals surface area (Å²) in [6, 6.07) is 8.29. The average molecular weight is 461 g/mol. The van der Waals surface area contributed by atoms with Crippen LogP contribution in [0.1, 0.15) is 27.1 Å². The van der Waals surface area contributed by atoms with Gasteiger partial charge in [0, 0.05) is 11.9 Å². The minimum Gasteiger partial charge on any atom is -0.466 e. The number of anilines is 1. The first-order valence-corrected chi connectivity index (χ1v) is 11.2. The van der Waals surface area contributed by atoms with Crippen molar-refractivity contribution in [2.45, 2.75) is 6.42 Å². The number of ether oxygens (including phenoxy) is 2. The van der Waals surface area contributed by atoms with Gasteiger partial charge in [-0.1, -0.05) is 23.9 Å². The highest BCUT2D eigenvalue weighted by Gasteiger charge is 2.27. The van der Waals surface area contributed by atoms with E-state index < -0.39 is 11.9 Å². The smallest absolute Gasteiger partial charge is 0.340 e. The maximum atomic E-state index is 12.5. The van der Waals surface area contributed by atoms with Gasteiger partial charge in [-0.15, -0.1) is 0 Å². The van der Waals surface area contributed by atoms with Crippen LogP contribution < -0.4 is 5.32 Å². The zero-order valence-electron chi connectivity index (χ0n) is 16.7. The molecule has 1 aromatic carbocycles. The van der Waals surface area contributed by atoms with E-state index in [0.717, 1.165) is 0 Å². The quantitative estimate of drug-likeness (QED) is 0.367. The van der Waals surface area contributed by atoms with Crippen molar-refractivity contribution in [3.63, 3.8) is 0 Å². The van der Waals surface area contributed by atoms with Crippen LogP contribution >= 0.6 is 23.1 Å². The highest BCUT2D eigenvalue weighted by Crippen LogP contribution is 2.29. The molecule has 31 heavy (non-hydrogen) atoms. The van der Waals surface area contributed by atoms with Gasteiger partial charge >= 0.3 is 11.9 Å². The lowest BCUT2D eigenvalue weighted by atomic mass is 10.1. The van der Waals surface area contributed by atoms with E-state index in [1.165, 1.54) is 41.2 Å². The number of rotatable bonds is 8. The van der Waals surface area contributed by atoms with Crippen molar-refractivity contribution in [1.29, 1.82) is 0 Å². The molecular formula is C21H20N2O6S2. The van der Waals surface area contributed by atoms with E-state index in [1.54, 1.807) is 41.1 Å². The molecule has 0 aliphatic carbocycles. The Hall–Kier alpha value is -3.11. The second-order valence-electron chi connectivity index (χ2n) is 6.34. The van der Waals surface area contributed by atoms with Crippen molar-refractivity contribution in [2.75, 3.05) is 31.3 Å². The minimum atomic E-state index is -0.575. The van der Waals surface area contributed by atoms with Gasteiger partial charge in [0.2, 0.25) is 5.91 Å². The first-order chi connectivity index (χ1) is 15.0. The molecule has 1 aliphatic rings. The Balaban J connectivity index is 1.54. The molecule has 10 heteroatoms. The molecule has 0 saturated carbocycles. The topological polar surface area (TPSA) is 102 Å². The number of para-hydroxylation sites is 1. The molecule has 1 saturated heterocycles. The Bertz CT molecular complexity index is 1000. The molecule has 3 rings (SSSR count). The van der Waals surface area contributed by atoms with E-state index in [4.69, 9.17) is 4.74 Å². The van der Waals surface area contributed by atoms with Gasteiger partial charge in [-0.25, -0.2) is 9.59 Å². The normalized spacial score (nSPS) is 14.5. The molecule has 1 aromatic heterocycles. The third-order valence-corrected chi connectivity index (χ3v) is 6.00. The van der Waals surface area contributed by atoms with Gasteiger partial charge in [0.25, 0.3) is 5.91 Å². The Kier molecular flexibility index (Phi) is 7.85. The number of esters is 2. The highest BCUT2D eigenvalue weighted by molar-refractivity contribution is 8.04. The largest absolute Gasteiger partial charge is 0.466 e. The molecule has 0 spiro atoms. The molecule has 2 heterocycles. The van der Waals surface area contributed by atoms with E-state index in [0.29, 0.717) is 29.2 Å². The number of benzene rings is 1. The van der Waals surface area contributed by atoms with Gasteiger partial charge in [-0.2, -0.15) is 11.3 Å². The maximum absolute atomic E-state index is 12.5. The van der Waals surface area contributed by atoms with Crippen LogP contribution in [0, 0.1) is 0 Å². The SMILES string of the molecule is COC(=O)/C=C1/SCC(=O)N1CCCOC(=O)c1ccccc1NC(=O)c1ccsc1. The van der Waals surface area contributed by atoms with E-state index in [-0.39, 0.29) is 29.7 Å². The Morgan fingerprint density at radius 3 is 2.77 bits per heavy atom. The molecule has 1 N–H and O–H groups in total. The molecule has 162 valence electrons. The van der Waals surface area contributed by atoms with E-state index >= 15 is 0 Å². The second kappa shape index (κ2) is 10.8. The zero-order valence-corrected chi connectivity index (χ0v) is 18.3. The summed E-state index contributed by atoms with van der Waals surface area (Å²) < 4.78 is 9.93. The molecule has 1 fully saturated rings. The van der Waals surface area contributed by atoms with E-state index in [1.807, 2.05) is 0 Å². The number of thiophene rings is 1. The van der Waals surface area contributed by atoms with Crippen LogP contribution in [-0.4, -0.2) is 54.7 Å². The number of nitrogens with zero attached hydrogens (tertiary/aromatic N) is 1. The van der Waals surface area contributed by atoms with Crippen LogP contribution in [0.3, 0.4) is 0 Å². The van der Waals surface area contributed by atoms with Gasteiger partial charge in [-0.05, 0) is 30.0 Å². The predicted molar refractivity (Wildman–Crippen MR) is 118 cm³/mol. The summed E-state index contributed by atoms with van der Waals surface area (Å²) in [6.07, 6.45) is 1.66. The number of methoxy groups -OCH3 is 1. The summed E-state index contributed by atoms with van der Waals surface area (Å²) >= 11 is 2.67. The molecule has 0 radical (unpaired) electrons. The standard InChI is InChI=1S/C21H20N2O6S2/c1-28-19(25)11-18-23(17(24)13-31-18)8-4-9-29-21(27)15-5-2-3-6-16(15)22-20(26)14-7-10-30-12-14/h2-3,5-7,10-12H,4,8-9,13H2,1H3,(H,22,26)/b18-11+. The van der Waals surface area contributed by atoms with Crippen molar-refractivity contribution >= 4 is 52.5 Å². The fourth-order valence-electron chi connectivity index (χ4n) is 2.75. The number of carbonyl (C=O) groups is 4. The fraction of sp³-hybridized carbons (Fsp3) is 0.238. The second-order valence-corrected chi connectivity index (χ2v) is 8.12. The Morgan fingerprint density at radius 2 is 2.03 bits per heavy atom. The van der Waals surface area contributed by atoms with Gasteiger partial charge < -0.3 is 19.7 Å². The Labute approximate surface area is 187 Å². The molecule has 8 nitrogen and oxygen atoms in total. The molecule has 2 amide bonds. The first kappa shape index (κ1) is 22.6. The highest BCUT2D eigenvalue weighted by atomic mass is 32.2. The lowest BCUT2D eigenvalue weighted by Crippen LogP contribution is -2.27. The molecule has 0 atom stereocenters. The van der Waals surface area contributed by atoms with Crippen molar-refractivity contribution in [2.24, 2.45) is 0 Å². The van der Waals surface area contributed by atoms with Gasteiger partial charge in [0.05, 0.1) is 47.4 Å². The lowest BCUT2D eigenvalue weighted by Gasteiger charge is -2.17. The number of nitrogens with one attached hydrogen (secondary N) is 1. The van der Waals surface area contributed by atoms with Crippen LogP contribution in [0.5, 0.6) is 0 Å². The van der Waals surface area contributed by atoms with Crippen LogP contribution in [0.4, 0.5) is 5.69 Å². The Morgan fingerprint density at radius 1 is 1.23 bits per heavy atom. The van der Waals surface area contributed by atoms with Crippen molar-refractivity contribution in [3.8, 4) is 0 Å². The minimum absolute atomic E-state index is 0.0750. The third kappa shape index (κ3) is 5.96. The monoisotopic (exact) mass is 460 g/mol. The molecule has 0 unspecified atom stereocenters. The number of hydrogen-bond acceptors (Lipinski definition) is 8. The molecule has 0 bridgehead atoms. The number of carbonyl (C=O) groups excluding carboxylic acids is 4. The van der Waals surface area contributed by atoms with Crippen molar-refractivity contribution < 1.29 is 28.7 Å². The van der Waals surface area contributed by atoms with Crippen molar-refractivity contribution in [1.82, 2.24) is 4.90 Å². The van der Waals surface area contributed by atoms with Crippen LogP contribution in [0.25, 0.3) is 0 Å². The fourth-order valence-corrected chi connectivity index (χ4v) is 4.34. The summed E-state index contributed by atoms with van der Waals surface area (Å²) in [4.78, 5) is 49.7. The van der Waals surface area contributed by atoms with Gasteiger partial charge in [-0.3, -0.25) is 9.59 Å². The zero-order chi connectivity index (χ0) is 22.2. The molecule has 1 aliphatic heterocycles.